The molecule has 0 atom stereocenters. The highest BCUT2D eigenvalue weighted by atomic mass is 16.3. The summed E-state index contributed by atoms with van der Waals surface area (Å²) in [4.78, 5) is 27.3. The molecule has 0 unspecified atom stereocenters. The maximum Gasteiger partial charge on any atom is 0.251 e. The number of aryl methyl sites for hydroxylation is 1. The van der Waals surface area contributed by atoms with Gasteiger partial charge in [0.05, 0.1) is 25.8 Å². The average Bonchev–Trinajstić information content (AvgIpc) is 3.40. The first-order chi connectivity index (χ1) is 17.1. The Kier molecular flexibility index (Phi) is 7.92. The van der Waals surface area contributed by atoms with Gasteiger partial charge in [-0.15, -0.1) is 0 Å². The van der Waals surface area contributed by atoms with E-state index in [0.29, 0.717) is 18.8 Å². The first-order valence-corrected chi connectivity index (χ1v) is 11.5. The van der Waals surface area contributed by atoms with E-state index in [2.05, 4.69) is 11.4 Å². The van der Waals surface area contributed by atoms with Gasteiger partial charge in [0.25, 0.3) is 5.91 Å². The highest BCUT2D eigenvalue weighted by molar-refractivity contribution is 6.03. The molecule has 35 heavy (non-hydrogen) atoms. The summed E-state index contributed by atoms with van der Waals surface area (Å²) in [5, 5.41) is 2.85. The fraction of sp³-hybridized carbons (Fsp3) is 0.133. The number of hydrogen-bond acceptors (Lipinski definition) is 3. The SMILES string of the molecule is Cc1cccc(CN(C(=O)C=Cc2ccccc2)c2ccc(CC(=O)NCc3ccco3)cc2)c1. The van der Waals surface area contributed by atoms with Crippen molar-refractivity contribution in [2.24, 2.45) is 0 Å². The van der Waals surface area contributed by atoms with Crippen molar-refractivity contribution in [3.05, 3.63) is 131 Å². The van der Waals surface area contributed by atoms with Crippen molar-refractivity contribution in [1.29, 1.82) is 0 Å². The molecule has 4 rings (SSSR count). The average molecular weight is 465 g/mol. The molecule has 0 aliphatic rings. The van der Waals surface area contributed by atoms with Crippen LogP contribution in [0.25, 0.3) is 6.08 Å². The summed E-state index contributed by atoms with van der Waals surface area (Å²) >= 11 is 0. The Morgan fingerprint density at radius 1 is 0.886 bits per heavy atom. The number of amides is 2. The number of hydrogen-bond donors (Lipinski definition) is 1. The van der Waals surface area contributed by atoms with Crippen LogP contribution in [0.5, 0.6) is 0 Å². The van der Waals surface area contributed by atoms with Crippen LogP contribution in [-0.2, 0) is 29.1 Å². The van der Waals surface area contributed by atoms with Crippen LogP contribution in [-0.4, -0.2) is 11.8 Å². The number of furan rings is 1. The third-order valence-electron chi connectivity index (χ3n) is 5.56. The normalized spacial score (nSPS) is 10.9. The van der Waals surface area contributed by atoms with E-state index in [1.54, 1.807) is 23.3 Å². The zero-order valence-electron chi connectivity index (χ0n) is 19.7. The zero-order chi connectivity index (χ0) is 24.5. The minimum absolute atomic E-state index is 0.0902. The van der Waals surface area contributed by atoms with Crippen LogP contribution in [0.15, 0.2) is 108 Å². The van der Waals surface area contributed by atoms with Crippen molar-refractivity contribution >= 4 is 23.6 Å². The van der Waals surface area contributed by atoms with Crippen LogP contribution in [0.1, 0.15) is 28.0 Å². The van der Waals surface area contributed by atoms with Gasteiger partial charge in [-0.3, -0.25) is 9.59 Å². The van der Waals surface area contributed by atoms with Crippen LogP contribution >= 0.6 is 0 Å². The summed E-state index contributed by atoms with van der Waals surface area (Å²) in [6.07, 6.45) is 5.25. The van der Waals surface area contributed by atoms with Gasteiger partial charge in [0.15, 0.2) is 0 Å². The second kappa shape index (κ2) is 11.7. The van der Waals surface area contributed by atoms with Crippen molar-refractivity contribution in [2.75, 3.05) is 4.90 Å². The van der Waals surface area contributed by atoms with Crippen LogP contribution < -0.4 is 10.2 Å². The fourth-order valence-electron chi connectivity index (χ4n) is 3.75. The molecule has 0 fully saturated rings. The summed E-state index contributed by atoms with van der Waals surface area (Å²) in [5.74, 6) is 0.509. The zero-order valence-corrected chi connectivity index (χ0v) is 19.7. The van der Waals surface area contributed by atoms with Gasteiger partial charge in [0.1, 0.15) is 5.76 Å². The molecule has 5 heteroatoms. The van der Waals surface area contributed by atoms with E-state index in [4.69, 9.17) is 4.42 Å². The van der Waals surface area contributed by atoms with Crippen molar-refractivity contribution in [3.63, 3.8) is 0 Å². The van der Waals surface area contributed by atoms with Gasteiger partial charge < -0.3 is 14.6 Å². The maximum absolute atomic E-state index is 13.2. The topological polar surface area (TPSA) is 62.6 Å². The number of nitrogens with zero attached hydrogens (tertiary/aromatic N) is 1. The van der Waals surface area contributed by atoms with Crippen LogP contribution in [0.3, 0.4) is 0 Å². The largest absolute Gasteiger partial charge is 0.467 e. The molecule has 0 radical (unpaired) electrons. The number of carbonyl (C=O) groups excluding carboxylic acids is 2. The number of carbonyl (C=O) groups is 2. The minimum Gasteiger partial charge on any atom is -0.467 e. The molecule has 0 saturated heterocycles. The summed E-state index contributed by atoms with van der Waals surface area (Å²) in [6.45, 7) is 2.84. The molecular weight excluding hydrogens is 436 g/mol. The van der Waals surface area contributed by atoms with Crippen molar-refractivity contribution < 1.29 is 14.0 Å². The summed E-state index contributed by atoms with van der Waals surface area (Å²) in [6, 6.07) is 29.1. The minimum atomic E-state index is -0.112. The number of benzene rings is 3. The van der Waals surface area contributed by atoms with Gasteiger partial charge in [-0.1, -0.05) is 72.3 Å². The predicted octanol–water partition coefficient (Wildman–Crippen LogP) is 5.69. The number of nitrogens with one attached hydrogen (secondary N) is 1. The first kappa shape index (κ1) is 23.8. The van der Waals surface area contributed by atoms with Crippen LogP contribution in [0.4, 0.5) is 5.69 Å². The van der Waals surface area contributed by atoms with E-state index in [1.807, 2.05) is 91.9 Å². The Morgan fingerprint density at radius 2 is 1.69 bits per heavy atom. The molecule has 4 aromatic rings. The lowest BCUT2D eigenvalue weighted by Crippen LogP contribution is -2.28. The van der Waals surface area contributed by atoms with Gasteiger partial charge >= 0.3 is 0 Å². The molecular formula is C30H28N2O3. The summed E-state index contributed by atoms with van der Waals surface area (Å²) in [5.41, 5.74) is 4.80. The predicted molar refractivity (Wildman–Crippen MR) is 139 cm³/mol. The maximum atomic E-state index is 13.2. The van der Waals surface area contributed by atoms with Crippen LogP contribution in [0.2, 0.25) is 0 Å². The molecule has 1 heterocycles. The second-order valence-electron chi connectivity index (χ2n) is 8.36. The molecule has 0 aliphatic carbocycles. The smallest absolute Gasteiger partial charge is 0.251 e. The Hall–Kier alpha value is -4.38. The summed E-state index contributed by atoms with van der Waals surface area (Å²) in [7, 11) is 0. The van der Waals surface area contributed by atoms with Crippen LogP contribution in [0, 0.1) is 6.92 Å². The van der Waals surface area contributed by atoms with E-state index in [0.717, 1.165) is 27.9 Å². The lowest BCUT2D eigenvalue weighted by atomic mass is 10.1. The van der Waals surface area contributed by atoms with E-state index in [-0.39, 0.29) is 18.2 Å². The third kappa shape index (κ3) is 7.05. The van der Waals surface area contributed by atoms with Crippen molar-refractivity contribution in [1.82, 2.24) is 5.32 Å². The monoisotopic (exact) mass is 464 g/mol. The van der Waals surface area contributed by atoms with Crippen molar-refractivity contribution in [2.45, 2.75) is 26.4 Å². The number of anilines is 1. The molecule has 1 aromatic heterocycles. The Labute approximate surface area is 205 Å². The Balaban J connectivity index is 1.48. The van der Waals surface area contributed by atoms with E-state index in [9.17, 15) is 9.59 Å². The molecule has 0 bridgehead atoms. The molecule has 0 aliphatic heterocycles. The highest BCUT2D eigenvalue weighted by Crippen LogP contribution is 2.20. The van der Waals surface area contributed by atoms with Crippen molar-refractivity contribution in [3.8, 4) is 0 Å². The standard InChI is InChI=1S/C30H28N2O3/c1-23-7-5-10-26(19-23)22-32(30(34)17-14-24-8-3-2-4-9-24)27-15-12-25(13-16-27)20-29(33)31-21-28-11-6-18-35-28/h2-19H,20-22H2,1H3,(H,31,33). The Bertz CT molecular complexity index is 1280. The second-order valence-corrected chi connectivity index (χ2v) is 8.36. The van der Waals surface area contributed by atoms with E-state index >= 15 is 0 Å². The molecule has 1 N–H and O–H groups in total. The molecule has 2 amide bonds. The quantitative estimate of drug-likeness (QED) is 0.324. The highest BCUT2D eigenvalue weighted by Gasteiger charge is 2.15. The van der Waals surface area contributed by atoms with Gasteiger partial charge in [-0.2, -0.15) is 0 Å². The van der Waals surface area contributed by atoms with Gasteiger partial charge in [-0.25, -0.2) is 0 Å². The lowest BCUT2D eigenvalue weighted by molar-refractivity contribution is -0.120. The van der Waals surface area contributed by atoms with Gasteiger partial charge in [-0.05, 0) is 54.0 Å². The van der Waals surface area contributed by atoms with Gasteiger partial charge in [0, 0.05) is 11.8 Å². The third-order valence-corrected chi connectivity index (χ3v) is 5.56. The lowest BCUT2D eigenvalue weighted by Gasteiger charge is -2.22. The van der Waals surface area contributed by atoms with Gasteiger partial charge in [0.2, 0.25) is 5.91 Å². The molecule has 3 aromatic carbocycles. The number of rotatable bonds is 9. The fourth-order valence-corrected chi connectivity index (χ4v) is 3.75. The molecule has 0 spiro atoms. The van der Waals surface area contributed by atoms with E-state index in [1.165, 1.54) is 0 Å². The molecule has 5 nitrogen and oxygen atoms in total. The molecule has 176 valence electrons. The summed E-state index contributed by atoms with van der Waals surface area (Å²) < 4.78 is 5.25. The Morgan fingerprint density at radius 3 is 2.40 bits per heavy atom. The molecule has 0 saturated carbocycles. The first-order valence-electron chi connectivity index (χ1n) is 11.5. The van der Waals surface area contributed by atoms with E-state index < -0.39 is 0 Å².